The molecule has 0 saturated heterocycles. The van der Waals surface area contributed by atoms with Crippen molar-refractivity contribution in [3.05, 3.63) is 21.9 Å². The molecule has 0 spiro atoms. The highest BCUT2D eigenvalue weighted by molar-refractivity contribution is 7.15. The SMILES string of the molecule is COCOC1CCC(N(C(=O)C2CCC(C)CC2)c2cc(C3=CCC(C)(C)CC3)sc2C(=O)OC)CC1. The van der Waals surface area contributed by atoms with E-state index in [1.165, 1.54) is 24.0 Å². The smallest absolute Gasteiger partial charge is 0.350 e. The molecule has 0 bridgehead atoms. The lowest BCUT2D eigenvalue weighted by molar-refractivity contribution is -0.124. The Morgan fingerprint density at radius 2 is 1.76 bits per heavy atom. The standard InChI is InChI=1S/C30H45NO5S/c1-20-6-8-22(9-7-20)28(32)31(23-10-12-24(13-11-23)36-19-34-4)25-18-26(37-27(25)29(33)35-5)21-14-16-30(2,3)17-15-21/h14,18,20,22-24H,6-13,15-17,19H2,1-5H3. The number of hydrogen-bond donors (Lipinski definition) is 0. The number of nitrogens with zero attached hydrogens (tertiary/aromatic N) is 1. The largest absolute Gasteiger partial charge is 0.465 e. The number of esters is 1. The minimum atomic E-state index is -0.352. The zero-order valence-corrected chi connectivity index (χ0v) is 24.2. The van der Waals surface area contributed by atoms with Gasteiger partial charge >= 0.3 is 5.97 Å². The zero-order valence-electron chi connectivity index (χ0n) is 23.3. The quantitative estimate of drug-likeness (QED) is 0.262. The van der Waals surface area contributed by atoms with Crippen LogP contribution in [0.1, 0.15) is 106 Å². The number of rotatable bonds is 8. The molecule has 6 nitrogen and oxygen atoms in total. The minimum absolute atomic E-state index is 0.0159. The highest BCUT2D eigenvalue weighted by Gasteiger charge is 2.38. The second kappa shape index (κ2) is 12.4. The molecule has 37 heavy (non-hydrogen) atoms. The van der Waals surface area contributed by atoms with Crippen molar-refractivity contribution in [1.82, 2.24) is 0 Å². The molecule has 1 aromatic heterocycles. The Morgan fingerprint density at radius 3 is 2.35 bits per heavy atom. The number of allylic oxidation sites excluding steroid dienone is 2. The number of methoxy groups -OCH3 is 2. The van der Waals surface area contributed by atoms with E-state index in [4.69, 9.17) is 14.2 Å². The van der Waals surface area contributed by atoms with Crippen molar-refractivity contribution in [2.24, 2.45) is 17.3 Å². The van der Waals surface area contributed by atoms with Crippen LogP contribution in [0.5, 0.6) is 0 Å². The number of thiophene rings is 1. The number of amides is 1. The van der Waals surface area contributed by atoms with Crippen LogP contribution in [0.2, 0.25) is 0 Å². The topological polar surface area (TPSA) is 65.1 Å². The van der Waals surface area contributed by atoms with Gasteiger partial charge in [-0.3, -0.25) is 4.79 Å². The van der Waals surface area contributed by atoms with E-state index in [0.717, 1.165) is 81.2 Å². The summed E-state index contributed by atoms with van der Waals surface area (Å²) in [6.07, 6.45) is 13.1. The lowest BCUT2D eigenvalue weighted by Crippen LogP contribution is -2.47. The molecule has 2 saturated carbocycles. The first-order valence-corrected chi connectivity index (χ1v) is 14.9. The number of carbonyl (C=O) groups is 2. The number of hydrogen-bond acceptors (Lipinski definition) is 6. The predicted molar refractivity (Wildman–Crippen MR) is 149 cm³/mol. The van der Waals surface area contributed by atoms with Crippen molar-refractivity contribution < 1.29 is 23.8 Å². The van der Waals surface area contributed by atoms with Crippen molar-refractivity contribution in [3.63, 3.8) is 0 Å². The molecular formula is C30H45NO5S. The summed E-state index contributed by atoms with van der Waals surface area (Å²) in [7, 11) is 3.07. The van der Waals surface area contributed by atoms with Gasteiger partial charge in [0.1, 0.15) is 11.7 Å². The van der Waals surface area contributed by atoms with Crippen molar-refractivity contribution in [1.29, 1.82) is 0 Å². The first-order chi connectivity index (χ1) is 17.7. The summed E-state index contributed by atoms with van der Waals surface area (Å²) in [5, 5.41) is 0. The molecule has 206 valence electrons. The third-order valence-electron chi connectivity index (χ3n) is 8.66. The summed E-state index contributed by atoms with van der Waals surface area (Å²) in [6, 6.07) is 2.16. The van der Waals surface area contributed by atoms with E-state index >= 15 is 0 Å². The van der Waals surface area contributed by atoms with Gasteiger partial charge in [0.2, 0.25) is 5.91 Å². The van der Waals surface area contributed by atoms with Crippen LogP contribution in [0.3, 0.4) is 0 Å². The van der Waals surface area contributed by atoms with Crippen LogP contribution in [0.4, 0.5) is 5.69 Å². The van der Waals surface area contributed by atoms with Crippen molar-refractivity contribution in [2.45, 2.75) is 104 Å². The lowest BCUT2D eigenvalue weighted by atomic mass is 9.78. The van der Waals surface area contributed by atoms with E-state index in [1.54, 1.807) is 7.11 Å². The van der Waals surface area contributed by atoms with E-state index in [1.807, 2.05) is 4.90 Å². The maximum absolute atomic E-state index is 14.2. The Morgan fingerprint density at radius 1 is 1.05 bits per heavy atom. The van der Waals surface area contributed by atoms with Gasteiger partial charge in [0.25, 0.3) is 0 Å². The van der Waals surface area contributed by atoms with E-state index in [9.17, 15) is 9.59 Å². The monoisotopic (exact) mass is 531 g/mol. The van der Waals surface area contributed by atoms with Gasteiger partial charge in [-0.1, -0.05) is 26.8 Å². The average molecular weight is 532 g/mol. The zero-order chi connectivity index (χ0) is 26.6. The van der Waals surface area contributed by atoms with Crippen molar-refractivity contribution in [3.8, 4) is 0 Å². The highest BCUT2D eigenvalue weighted by atomic mass is 32.1. The van der Waals surface area contributed by atoms with Gasteiger partial charge in [-0.15, -0.1) is 11.3 Å². The fourth-order valence-corrected chi connectivity index (χ4v) is 7.23. The van der Waals surface area contributed by atoms with E-state index in [-0.39, 0.29) is 29.9 Å². The summed E-state index contributed by atoms with van der Waals surface area (Å²) < 4.78 is 16.2. The number of ether oxygens (including phenoxy) is 3. The van der Waals surface area contributed by atoms with Gasteiger partial charge in [0.15, 0.2) is 0 Å². The molecule has 0 radical (unpaired) electrons. The van der Waals surface area contributed by atoms with Crippen LogP contribution in [-0.2, 0) is 19.0 Å². The average Bonchev–Trinajstić information content (AvgIpc) is 3.33. The second-order valence-electron chi connectivity index (χ2n) is 12.1. The Balaban J connectivity index is 1.67. The third kappa shape index (κ3) is 6.85. The molecule has 0 unspecified atom stereocenters. The number of anilines is 1. The molecule has 3 aliphatic carbocycles. The Bertz CT molecular complexity index is 967. The molecule has 2 fully saturated rings. The van der Waals surface area contributed by atoms with Crippen molar-refractivity contribution >= 4 is 34.5 Å². The van der Waals surface area contributed by atoms with Gasteiger partial charge in [-0.05, 0) is 93.6 Å². The third-order valence-corrected chi connectivity index (χ3v) is 9.84. The fourth-order valence-electron chi connectivity index (χ4n) is 6.09. The van der Waals surface area contributed by atoms with Gasteiger partial charge < -0.3 is 19.1 Å². The Hall–Kier alpha value is -1.70. The first-order valence-electron chi connectivity index (χ1n) is 14.1. The van der Waals surface area contributed by atoms with Gasteiger partial charge in [0.05, 0.1) is 18.9 Å². The van der Waals surface area contributed by atoms with Crippen molar-refractivity contribution in [2.75, 3.05) is 25.9 Å². The summed E-state index contributed by atoms with van der Waals surface area (Å²) >= 11 is 1.49. The Kier molecular flexibility index (Phi) is 9.52. The van der Waals surface area contributed by atoms with Gasteiger partial charge in [-0.2, -0.15) is 0 Å². The van der Waals surface area contributed by atoms with E-state index in [2.05, 4.69) is 32.9 Å². The van der Waals surface area contributed by atoms with Crippen LogP contribution in [0, 0.1) is 17.3 Å². The molecule has 3 aliphatic rings. The molecule has 0 atom stereocenters. The molecule has 7 heteroatoms. The second-order valence-corrected chi connectivity index (χ2v) is 13.1. The van der Waals surface area contributed by atoms with E-state index in [0.29, 0.717) is 23.0 Å². The molecule has 1 amide bonds. The van der Waals surface area contributed by atoms with Gasteiger partial charge in [-0.25, -0.2) is 4.79 Å². The fraction of sp³-hybridized carbons (Fsp3) is 0.733. The number of carbonyl (C=O) groups excluding carboxylic acids is 2. The highest BCUT2D eigenvalue weighted by Crippen LogP contribution is 2.44. The molecule has 0 aromatic carbocycles. The summed E-state index contributed by atoms with van der Waals surface area (Å²) in [6.45, 7) is 7.18. The van der Waals surface area contributed by atoms with Crippen LogP contribution in [0.15, 0.2) is 12.1 Å². The van der Waals surface area contributed by atoms with Crippen LogP contribution in [0.25, 0.3) is 5.57 Å². The maximum atomic E-state index is 14.2. The first kappa shape index (κ1) is 28.3. The van der Waals surface area contributed by atoms with Crippen LogP contribution < -0.4 is 4.90 Å². The molecule has 4 rings (SSSR count). The summed E-state index contributed by atoms with van der Waals surface area (Å²) in [5.74, 6) is 0.519. The predicted octanol–water partition coefficient (Wildman–Crippen LogP) is 7.22. The molecular weight excluding hydrogens is 486 g/mol. The summed E-state index contributed by atoms with van der Waals surface area (Å²) in [4.78, 5) is 30.9. The Labute approximate surface area is 226 Å². The molecule has 0 N–H and O–H groups in total. The van der Waals surface area contributed by atoms with Gasteiger partial charge in [0, 0.05) is 23.9 Å². The molecule has 0 aliphatic heterocycles. The minimum Gasteiger partial charge on any atom is -0.465 e. The molecule has 1 heterocycles. The van der Waals surface area contributed by atoms with E-state index < -0.39 is 0 Å². The van der Waals surface area contributed by atoms with Crippen LogP contribution >= 0.6 is 11.3 Å². The maximum Gasteiger partial charge on any atom is 0.350 e. The normalized spacial score (nSPS) is 27.9. The van der Waals surface area contributed by atoms with Crippen LogP contribution in [-0.4, -0.2) is 45.0 Å². The molecule has 1 aromatic rings. The lowest BCUT2D eigenvalue weighted by Gasteiger charge is -2.39. The summed E-state index contributed by atoms with van der Waals surface area (Å²) in [5.41, 5.74) is 2.34.